The fraction of sp³-hybridized carbons (Fsp3) is 0.105. The fourth-order valence-corrected chi connectivity index (χ4v) is 1.99. The van der Waals surface area contributed by atoms with Crippen molar-refractivity contribution >= 4 is 17.9 Å². The van der Waals surface area contributed by atoms with E-state index in [1.54, 1.807) is 18.2 Å². The molecule has 1 N–H and O–H groups in total. The van der Waals surface area contributed by atoms with Crippen molar-refractivity contribution in [3.8, 4) is 17.2 Å². The van der Waals surface area contributed by atoms with Crippen molar-refractivity contribution in [2.24, 2.45) is 0 Å². The van der Waals surface area contributed by atoms with Crippen LogP contribution >= 0.6 is 0 Å². The molecule has 0 unspecified atom stereocenters. The van der Waals surface area contributed by atoms with Gasteiger partial charge in [-0.25, -0.2) is 0 Å². The average Bonchev–Trinajstić information content (AvgIpc) is 2.59. The van der Waals surface area contributed by atoms with Crippen LogP contribution in [0.2, 0.25) is 0 Å². The lowest BCUT2D eigenvalue weighted by Crippen LogP contribution is -2.16. The number of alkyl halides is 3. The summed E-state index contributed by atoms with van der Waals surface area (Å²) in [6.07, 6.45) is 0.891. The van der Waals surface area contributed by atoms with Crippen LogP contribution in [0.3, 0.4) is 0 Å². The van der Waals surface area contributed by atoms with Gasteiger partial charge in [-0.2, -0.15) is 0 Å². The molecular formula is C19H15F3O4. The third-order valence-electron chi connectivity index (χ3n) is 3.20. The van der Waals surface area contributed by atoms with Crippen molar-refractivity contribution in [2.45, 2.75) is 6.36 Å². The fourth-order valence-electron chi connectivity index (χ4n) is 1.99. The molecule has 0 heterocycles. The van der Waals surface area contributed by atoms with Gasteiger partial charge in [-0.3, -0.25) is 4.79 Å². The maximum Gasteiger partial charge on any atom is 0.573 e. The molecule has 0 spiro atoms. The van der Waals surface area contributed by atoms with Crippen molar-refractivity contribution in [3.05, 3.63) is 65.7 Å². The van der Waals surface area contributed by atoms with Crippen molar-refractivity contribution in [3.63, 3.8) is 0 Å². The topological polar surface area (TPSA) is 55.8 Å². The third-order valence-corrected chi connectivity index (χ3v) is 3.20. The Hall–Kier alpha value is -3.22. The highest BCUT2D eigenvalue weighted by atomic mass is 19.4. The van der Waals surface area contributed by atoms with E-state index in [2.05, 4.69) is 4.74 Å². The Morgan fingerprint density at radius 2 is 1.58 bits per heavy atom. The predicted molar refractivity (Wildman–Crippen MR) is 90.9 cm³/mol. The van der Waals surface area contributed by atoms with E-state index < -0.39 is 6.36 Å². The summed E-state index contributed by atoms with van der Waals surface area (Å²) in [5, 5.41) is 9.51. The Morgan fingerprint density at radius 1 is 1.00 bits per heavy atom. The summed E-state index contributed by atoms with van der Waals surface area (Å²) in [5.74, 6) is -0.361. The van der Waals surface area contributed by atoms with Crippen LogP contribution < -0.4 is 9.47 Å². The van der Waals surface area contributed by atoms with Crippen LogP contribution in [0.25, 0.3) is 12.2 Å². The van der Waals surface area contributed by atoms with Crippen LogP contribution in [-0.2, 0) is 4.79 Å². The number of halogens is 3. The van der Waals surface area contributed by atoms with Gasteiger partial charge in [-0.15, -0.1) is 13.2 Å². The quantitative estimate of drug-likeness (QED) is 0.762. The van der Waals surface area contributed by atoms with E-state index in [0.717, 1.165) is 12.1 Å². The Kier molecular flexibility index (Phi) is 6.06. The number of aromatic hydroxyl groups is 1. The number of phenolic OH excluding ortho intramolecular Hbond substituents is 1. The minimum absolute atomic E-state index is 0.00572. The molecule has 2 rings (SSSR count). The minimum atomic E-state index is -4.74. The summed E-state index contributed by atoms with van der Waals surface area (Å²) < 4.78 is 45.0. The highest BCUT2D eigenvalue weighted by molar-refractivity contribution is 6.04. The highest BCUT2D eigenvalue weighted by Gasteiger charge is 2.30. The van der Waals surface area contributed by atoms with Gasteiger partial charge in [0.25, 0.3) is 0 Å². The number of carbonyl (C=O) groups is 1. The molecule has 2 aromatic rings. The first kappa shape index (κ1) is 19.1. The molecule has 7 heteroatoms. The monoisotopic (exact) mass is 364 g/mol. The molecule has 0 amide bonds. The lowest BCUT2D eigenvalue weighted by Gasteiger charge is -2.08. The van der Waals surface area contributed by atoms with Crippen LogP contribution in [0, 0.1) is 0 Å². The zero-order valence-electron chi connectivity index (χ0n) is 13.7. The van der Waals surface area contributed by atoms with Gasteiger partial charge in [-0.1, -0.05) is 30.4 Å². The summed E-state index contributed by atoms with van der Waals surface area (Å²) in [4.78, 5) is 11.8. The van der Waals surface area contributed by atoms with Gasteiger partial charge in [0.1, 0.15) is 5.75 Å². The van der Waals surface area contributed by atoms with Gasteiger partial charge >= 0.3 is 6.36 Å². The maximum absolute atomic E-state index is 12.1. The molecule has 0 radical (unpaired) electrons. The molecule has 2 aromatic carbocycles. The number of phenols is 1. The van der Waals surface area contributed by atoms with Crippen molar-refractivity contribution < 1.29 is 32.5 Å². The van der Waals surface area contributed by atoms with Gasteiger partial charge in [-0.05, 0) is 47.5 Å². The maximum atomic E-state index is 12.1. The van der Waals surface area contributed by atoms with Gasteiger partial charge in [0.15, 0.2) is 17.3 Å². The second-order valence-electron chi connectivity index (χ2n) is 5.12. The van der Waals surface area contributed by atoms with E-state index in [1.165, 1.54) is 43.5 Å². The van der Waals surface area contributed by atoms with Crippen LogP contribution in [0.5, 0.6) is 17.2 Å². The zero-order valence-corrected chi connectivity index (χ0v) is 13.7. The average molecular weight is 364 g/mol. The van der Waals surface area contributed by atoms with Crippen LogP contribution in [-0.4, -0.2) is 24.4 Å². The van der Waals surface area contributed by atoms with E-state index in [4.69, 9.17) is 4.74 Å². The smallest absolute Gasteiger partial charge is 0.504 e. The summed E-state index contributed by atoms with van der Waals surface area (Å²) in [7, 11) is 1.42. The summed E-state index contributed by atoms with van der Waals surface area (Å²) >= 11 is 0. The number of hydrogen-bond acceptors (Lipinski definition) is 4. The molecule has 0 atom stereocenters. The Balaban J connectivity index is 1.98. The summed E-state index contributed by atoms with van der Waals surface area (Å²) in [6, 6.07) is 9.77. The number of hydrogen-bond donors (Lipinski definition) is 1. The molecule has 136 valence electrons. The van der Waals surface area contributed by atoms with Gasteiger partial charge in [0.2, 0.25) is 0 Å². The number of ether oxygens (including phenoxy) is 2. The summed E-state index contributed by atoms with van der Waals surface area (Å²) in [5.41, 5.74) is 1.21. The third kappa shape index (κ3) is 6.01. The molecule has 0 bridgehead atoms. The van der Waals surface area contributed by atoms with Crippen molar-refractivity contribution in [2.75, 3.05) is 7.11 Å². The molecule has 4 nitrogen and oxygen atoms in total. The predicted octanol–water partition coefficient (Wildman–Crippen LogP) is 4.60. The summed E-state index contributed by atoms with van der Waals surface area (Å²) in [6.45, 7) is 0. The lowest BCUT2D eigenvalue weighted by atomic mass is 10.1. The van der Waals surface area contributed by atoms with Crippen LogP contribution in [0.1, 0.15) is 11.1 Å². The molecule has 0 aliphatic carbocycles. The van der Waals surface area contributed by atoms with E-state index in [9.17, 15) is 23.1 Å². The van der Waals surface area contributed by atoms with E-state index in [1.807, 2.05) is 0 Å². The number of rotatable bonds is 6. The lowest BCUT2D eigenvalue weighted by molar-refractivity contribution is -0.274. The van der Waals surface area contributed by atoms with Gasteiger partial charge in [0, 0.05) is 0 Å². The van der Waals surface area contributed by atoms with Gasteiger partial charge in [0.05, 0.1) is 7.11 Å². The number of benzene rings is 2. The first-order valence-corrected chi connectivity index (χ1v) is 7.40. The molecule has 0 saturated carbocycles. The Labute approximate surface area is 147 Å². The number of allylic oxidation sites excluding steroid dienone is 2. The first-order valence-electron chi connectivity index (χ1n) is 7.40. The van der Waals surface area contributed by atoms with E-state index in [-0.39, 0.29) is 23.0 Å². The van der Waals surface area contributed by atoms with Crippen molar-refractivity contribution in [1.82, 2.24) is 0 Å². The number of methoxy groups -OCH3 is 1. The first-order chi connectivity index (χ1) is 12.3. The molecule has 0 fully saturated rings. The molecule has 26 heavy (non-hydrogen) atoms. The van der Waals surface area contributed by atoms with E-state index >= 15 is 0 Å². The number of ketones is 1. The second kappa shape index (κ2) is 8.24. The zero-order chi connectivity index (χ0) is 19.2. The molecule has 0 aliphatic rings. The number of carbonyl (C=O) groups excluding carboxylic acids is 1. The minimum Gasteiger partial charge on any atom is -0.504 e. The molecule has 0 aliphatic heterocycles. The SMILES string of the molecule is COc1cc(C=CC(=O)C=Cc2ccc(OC(F)(F)F)cc2)ccc1O. The molecule has 0 saturated heterocycles. The van der Waals surface area contributed by atoms with Crippen molar-refractivity contribution in [1.29, 1.82) is 0 Å². The van der Waals surface area contributed by atoms with Gasteiger partial charge < -0.3 is 14.6 Å². The normalized spacial score (nSPS) is 11.8. The Bertz CT molecular complexity index is 822. The largest absolute Gasteiger partial charge is 0.573 e. The molecular weight excluding hydrogens is 349 g/mol. The standard InChI is InChI=1S/C19H15F3O4/c1-25-18-12-14(6-11-17(18)24)3-8-15(23)7-2-13-4-9-16(10-5-13)26-19(20,21)22/h2-12,24H,1H3. The van der Waals surface area contributed by atoms with Crippen LogP contribution in [0.4, 0.5) is 13.2 Å². The van der Waals surface area contributed by atoms with E-state index in [0.29, 0.717) is 11.1 Å². The molecule has 0 aromatic heterocycles. The highest BCUT2D eigenvalue weighted by Crippen LogP contribution is 2.26. The Morgan fingerprint density at radius 3 is 2.15 bits per heavy atom. The second-order valence-corrected chi connectivity index (χ2v) is 5.12. The van der Waals surface area contributed by atoms with Crippen LogP contribution in [0.15, 0.2) is 54.6 Å².